The second-order valence-electron chi connectivity index (χ2n) is 7.02. The molecule has 0 aromatic heterocycles. The summed E-state index contributed by atoms with van der Waals surface area (Å²) in [5.41, 5.74) is -0.464. The zero-order valence-corrected chi connectivity index (χ0v) is 13.8. The van der Waals surface area contributed by atoms with E-state index in [4.69, 9.17) is 0 Å². The largest absolute Gasteiger partial charge is 0.388 e. The fraction of sp³-hybridized carbons (Fsp3) is 0.867. The maximum absolute atomic E-state index is 11.9. The van der Waals surface area contributed by atoms with Crippen molar-refractivity contribution in [3.63, 3.8) is 0 Å². The second kappa shape index (κ2) is 6.57. The molecule has 2 N–H and O–H groups in total. The van der Waals surface area contributed by atoms with Crippen molar-refractivity contribution in [3.05, 3.63) is 0 Å². The van der Waals surface area contributed by atoms with Crippen LogP contribution in [0.4, 0.5) is 4.79 Å². The van der Waals surface area contributed by atoms with Gasteiger partial charge in [-0.15, -0.1) is 0 Å². The third kappa shape index (κ3) is 4.88. The summed E-state index contributed by atoms with van der Waals surface area (Å²) in [6, 6.07) is 0. The van der Waals surface area contributed by atoms with Crippen LogP contribution in [0, 0.1) is 5.41 Å². The van der Waals surface area contributed by atoms with Gasteiger partial charge in [-0.2, -0.15) is 0 Å². The summed E-state index contributed by atoms with van der Waals surface area (Å²) in [4.78, 5) is 25.0. The Bertz CT molecular complexity index is 402. The van der Waals surface area contributed by atoms with E-state index in [1.807, 2.05) is 0 Å². The molecule has 0 unspecified atom stereocenters. The maximum Gasteiger partial charge on any atom is 0.281 e. The van der Waals surface area contributed by atoms with Gasteiger partial charge in [0.15, 0.2) is 0 Å². The summed E-state index contributed by atoms with van der Waals surface area (Å²) in [6.45, 7) is 5.97. The summed E-state index contributed by atoms with van der Waals surface area (Å²) < 4.78 is 0. The first-order chi connectivity index (χ1) is 9.80. The van der Waals surface area contributed by atoms with Gasteiger partial charge in [0, 0.05) is 31.8 Å². The molecule has 0 radical (unpaired) electrons. The number of aliphatic hydroxyl groups is 1. The monoisotopic (exact) mass is 314 g/mol. The number of carbonyl (C=O) groups excluding carboxylic acids is 2. The molecule has 0 aromatic rings. The molecule has 0 bridgehead atoms. The third-order valence-electron chi connectivity index (χ3n) is 4.60. The number of hydrogen-bond acceptors (Lipinski definition) is 4. The standard InChI is InChI=1S/C15H26N2O3S/c1-14(2)4-6-15(20,7-5-14)11-16-12(18)3-8-17-9-10-21-13(17)19/h20H,3-11H2,1-2H3,(H,16,18). The summed E-state index contributed by atoms with van der Waals surface area (Å²) in [5, 5.41) is 13.4. The van der Waals surface area contributed by atoms with Crippen molar-refractivity contribution in [1.82, 2.24) is 10.2 Å². The molecular formula is C15H26N2O3S. The number of thioether (sulfide) groups is 1. The van der Waals surface area contributed by atoms with Gasteiger partial charge in [-0.1, -0.05) is 25.6 Å². The van der Waals surface area contributed by atoms with E-state index in [2.05, 4.69) is 19.2 Å². The molecule has 1 saturated heterocycles. The Morgan fingerprint density at radius 3 is 2.57 bits per heavy atom. The fourth-order valence-electron chi connectivity index (χ4n) is 2.79. The highest BCUT2D eigenvalue weighted by Gasteiger charge is 2.36. The van der Waals surface area contributed by atoms with Crippen LogP contribution < -0.4 is 5.32 Å². The first-order valence-electron chi connectivity index (χ1n) is 7.71. The topological polar surface area (TPSA) is 69.6 Å². The Labute approximate surface area is 130 Å². The molecule has 6 heteroatoms. The van der Waals surface area contributed by atoms with Crippen LogP contribution in [-0.4, -0.2) is 52.1 Å². The molecule has 1 saturated carbocycles. The second-order valence-corrected chi connectivity index (χ2v) is 8.06. The first-order valence-corrected chi connectivity index (χ1v) is 8.69. The van der Waals surface area contributed by atoms with Gasteiger partial charge in [-0.05, 0) is 31.1 Å². The lowest BCUT2D eigenvalue weighted by molar-refractivity contribution is -0.123. The Balaban J connectivity index is 1.68. The zero-order chi connectivity index (χ0) is 15.5. The SMILES string of the molecule is CC1(C)CCC(O)(CNC(=O)CCN2CCSC2=O)CC1. The zero-order valence-electron chi connectivity index (χ0n) is 13.0. The predicted molar refractivity (Wildman–Crippen MR) is 84.3 cm³/mol. The molecule has 1 aliphatic heterocycles. The molecule has 1 aliphatic carbocycles. The van der Waals surface area contributed by atoms with Crippen molar-refractivity contribution >= 4 is 22.9 Å². The molecule has 2 aliphatic rings. The third-order valence-corrected chi connectivity index (χ3v) is 5.49. The minimum Gasteiger partial charge on any atom is -0.388 e. The minimum atomic E-state index is -0.759. The van der Waals surface area contributed by atoms with Crippen molar-refractivity contribution < 1.29 is 14.7 Å². The van der Waals surface area contributed by atoms with Crippen molar-refractivity contribution in [3.8, 4) is 0 Å². The highest BCUT2D eigenvalue weighted by Crippen LogP contribution is 2.39. The first kappa shape index (κ1) is 16.6. The van der Waals surface area contributed by atoms with E-state index in [9.17, 15) is 14.7 Å². The number of nitrogens with zero attached hydrogens (tertiary/aromatic N) is 1. The van der Waals surface area contributed by atoms with Gasteiger partial charge in [0.05, 0.1) is 5.60 Å². The number of amides is 2. The molecule has 21 heavy (non-hydrogen) atoms. The highest BCUT2D eigenvalue weighted by atomic mass is 32.2. The summed E-state index contributed by atoms with van der Waals surface area (Å²) in [7, 11) is 0. The predicted octanol–water partition coefficient (Wildman–Crippen LogP) is 1.99. The van der Waals surface area contributed by atoms with Crippen LogP contribution in [0.15, 0.2) is 0 Å². The summed E-state index contributed by atoms with van der Waals surface area (Å²) >= 11 is 1.31. The molecule has 1 heterocycles. The van der Waals surface area contributed by atoms with E-state index < -0.39 is 5.60 Å². The van der Waals surface area contributed by atoms with Crippen LogP contribution in [0.1, 0.15) is 46.0 Å². The fourth-order valence-corrected chi connectivity index (χ4v) is 3.64. The Hall–Kier alpha value is -0.750. The van der Waals surface area contributed by atoms with E-state index in [-0.39, 0.29) is 11.1 Å². The van der Waals surface area contributed by atoms with Gasteiger partial charge in [0.1, 0.15) is 0 Å². The number of nitrogens with one attached hydrogen (secondary N) is 1. The average Bonchev–Trinajstić information content (AvgIpc) is 2.84. The molecule has 5 nitrogen and oxygen atoms in total. The molecule has 0 aromatic carbocycles. The Morgan fingerprint density at radius 2 is 2.00 bits per heavy atom. The van der Waals surface area contributed by atoms with Crippen LogP contribution in [0.5, 0.6) is 0 Å². The lowest BCUT2D eigenvalue weighted by Gasteiger charge is -2.40. The van der Waals surface area contributed by atoms with Gasteiger partial charge >= 0.3 is 0 Å². The van der Waals surface area contributed by atoms with Crippen LogP contribution in [0.25, 0.3) is 0 Å². The van der Waals surface area contributed by atoms with Crippen molar-refractivity contribution in [2.75, 3.05) is 25.4 Å². The smallest absolute Gasteiger partial charge is 0.281 e. The van der Waals surface area contributed by atoms with Crippen LogP contribution in [0.3, 0.4) is 0 Å². The normalized spacial score (nSPS) is 24.1. The molecule has 0 spiro atoms. The number of carbonyl (C=O) groups is 2. The van der Waals surface area contributed by atoms with Crippen LogP contribution in [-0.2, 0) is 4.79 Å². The van der Waals surface area contributed by atoms with Crippen molar-refractivity contribution in [1.29, 1.82) is 0 Å². The molecule has 2 rings (SSSR count). The highest BCUT2D eigenvalue weighted by molar-refractivity contribution is 8.13. The number of rotatable bonds is 5. The lowest BCUT2D eigenvalue weighted by Crippen LogP contribution is -2.47. The van der Waals surface area contributed by atoms with E-state index in [1.165, 1.54) is 11.8 Å². The van der Waals surface area contributed by atoms with Crippen LogP contribution in [0.2, 0.25) is 0 Å². The van der Waals surface area contributed by atoms with Crippen molar-refractivity contribution in [2.24, 2.45) is 5.41 Å². The number of hydrogen-bond donors (Lipinski definition) is 2. The Kier molecular flexibility index (Phi) is 5.20. The van der Waals surface area contributed by atoms with Gasteiger partial charge in [-0.3, -0.25) is 9.59 Å². The Morgan fingerprint density at radius 1 is 1.33 bits per heavy atom. The minimum absolute atomic E-state index is 0.0657. The maximum atomic E-state index is 11.9. The van der Waals surface area contributed by atoms with E-state index in [1.54, 1.807) is 4.90 Å². The average molecular weight is 314 g/mol. The quantitative estimate of drug-likeness (QED) is 0.814. The molecule has 0 atom stereocenters. The molecule has 120 valence electrons. The van der Waals surface area contributed by atoms with E-state index >= 15 is 0 Å². The lowest BCUT2D eigenvalue weighted by atomic mass is 9.71. The summed E-state index contributed by atoms with van der Waals surface area (Å²) in [5.74, 6) is 0.730. The van der Waals surface area contributed by atoms with Gasteiger partial charge < -0.3 is 15.3 Å². The summed E-state index contributed by atoms with van der Waals surface area (Å²) in [6.07, 6.45) is 3.76. The van der Waals surface area contributed by atoms with Gasteiger partial charge in [0.2, 0.25) is 5.91 Å². The van der Waals surface area contributed by atoms with Crippen molar-refractivity contribution in [2.45, 2.75) is 51.6 Å². The van der Waals surface area contributed by atoms with Crippen LogP contribution >= 0.6 is 11.8 Å². The molecular weight excluding hydrogens is 288 g/mol. The molecule has 2 amide bonds. The van der Waals surface area contributed by atoms with E-state index in [0.717, 1.165) is 38.0 Å². The van der Waals surface area contributed by atoms with Gasteiger partial charge in [-0.25, -0.2) is 0 Å². The van der Waals surface area contributed by atoms with E-state index in [0.29, 0.717) is 24.9 Å². The van der Waals surface area contributed by atoms with Gasteiger partial charge in [0.25, 0.3) is 5.24 Å². The molecule has 2 fully saturated rings.